The summed E-state index contributed by atoms with van der Waals surface area (Å²) in [5.74, 6) is 0.926. The van der Waals surface area contributed by atoms with Crippen LogP contribution in [-0.2, 0) is 11.3 Å². The van der Waals surface area contributed by atoms with E-state index in [9.17, 15) is 9.18 Å². The second-order valence-electron chi connectivity index (χ2n) is 7.40. The Bertz CT molecular complexity index is 894. The third kappa shape index (κ3) is 8.18. The summed E-state index contributed by atoms with van der Waals surface area (Å²) in [6.45, 7) is 7.59. The Morgan fingerprint density at radius 1 is 1.25 bits per heavy atom. The van der Waals surface area contributed by atoms with Crippen LogP contribution in [0.5, 0.6) is 5.75 Å². The molecule has 174 valence electrons. The van der Waals surface area contributed by atoms with Gasteiger partial charge in [-0.05, 0) is 43.7 Å². The van der Waals surface area contributed by atoms with Crippen molar-refractivity contribution in [3.63, 3.8) is 0 Å². The summed E-state index contributed by atoms with van der Waals surface area (Å²) in [5.41, 5.74) is 2.11. The first-order valence-electron chi connectivity index (χ1n) is 10.6. The topological polar surface area (TPSA) is 78.0 Å². The summed E-state index contributed by atoms with van der Waals surface area (Å²) in [4.78, 5) is 18.3. The number of aliphatic imine (C=N–C) groups is 1. The monoisotopic (exact) mass is 555 g/mol. The largest absolute Gasteiger partial charge is 0.489 e. The van der Waals surface area contributed by atoms with Gasteiger partial charge in [0.05, 0.1) is 19.6 Å². The normalized spacial score (nSPS) is 14.8. The van der Waals surface area contributed by atoms with Crippen LogP contribution < -0.4 is 25.6 Å². The molecule has 0 aliphatic carbocycles. The molecular weight excluding hydrogens is 524 g/mol. The minimum Gasteiger partial charge on any atom is -0.489 e. The molecule has 0 aromatic heterocycles. The van der Waals surface area contributed by atoms with Crippen molar-refractivity contribution in [2.24, 2.45) is 4.99 Å². The van der Waals surface area contributed by atoms with E-state index >= 15 is 0 Å². The summed E-state index contributed by atoms with van der Waals surface area (Å²) in [6.07, 6.45) is -0.160. The fourth-order valence-electron chi connectivity index (χ4n) is 3.24. The molecule has 32 heavy (non-hydrogen) atoms. The highest BCUT2D eigenvalue weighted by Gasteiger charge is 2.16. The van der Waals surface area contributed by atoms with Crippen molar-refractivity contribution >= 4 is 41.5 Å². The molecule has 1 amide bonds. The van der Waals surface area contributed by atoms with Crippen molar-refractivity contribution in [2.45, 2.75) is 26.5 Å². The molecule has 0 bridgehead atoms. The van der Waals surface area contributed by atoms with E-state index < -0.39 is 0 Å². The maximum Gasteiger partial charge on any atom is 0.239 e. The molecule has 1 heterocycles. The molecule has 7 nitrogen and oxygen atoms in total. The average Bonchev–Trinajstić information content (AvgIpc) is 2.76. The summed E-state index contributed by atoms with van der Waals surface area (Å²) in [5, 5.41) is 9.32. The first-order chi connectivity index (χ1) is 15.0. The van der Waals surface area contributed by atoms with E-state index in [2.05, 4.69) is 25.8 Å². The Kier molecular flexibility index (Phi) is 10.5. The van der Waals surface area contributed by atoms with Gasteiger partial charge in [-0.3, -0.25) is 4.79 Å². The molecule has 0 radical (unpaired) electrons. The quantitative estimate of drug-likeness (QED) is 0.266. The van der Waals surface area contributed by atoms with Crippen LogP contribution in [0.1, 0.15) is 19.4 Å². The smallest absolute Gasteiger partial charge is 0.239 e. The van der Waals surface area contributed by atoms with Crippen LogP contribution in [0.2, 0.25) is 0 Å². The summed E-state index contributed by atoms with van der Waals surface area (Å²) in [6, 6.07) is 14.2. The molecule has 9 heteroatoms. The minimum absolute atomic E-state index is 0. The lowest BCUT2D eigenvalue weighted by atomic mass is 10.2. The van der Waals surface area contributed by atoms with E-state index in [1.807, 2.05) is 38.1 Å². The van der Waals surface area contributed by atoms with Crippen LogP contribution in [0.3, 0.4) is 0 Å². The number of piperazine rings is 1. The SMILES string of the molecule is CCNC(=NCc1ccc(N2CCNC(=O)C2)cc1)NCC(C)Oc1cccc(F)c1.I. The van der Waals surface area contributed by atoms with E-state index in [0.717, 1.165) is 24.3 Å². The highest BCUT2D eigenvalue weighted by Crippen LogP contribution is 2.16. The van der Waals surface area contributed by atoms with Gasteiger partial charge in [-0.25, -0.2) is 9.38 Å². The third-order valence-corrected chi connectivity index (χ3v) is 4.79. The highest BCUT2D eigenvalue weighted by atomic mass is 127. The number of guanidine groups is 1. The number of nitrogens with one attached hydrogen (secondary N) is 3. The maximum absolute atomic E-state index is 13.3. The standard InChI is InChI=1S/C23H30FN5O2.HI/c1-3-25-23(27-14-17(2)31-21-6-4-5-19(24)13-21)28-15-18-7-9-20(10-8-18)29-12-11-26-22(30)16-29;/h4-10,13,17H,3,11-12,14-16H2,1-2H3,(H,26,30)(H2,25,27,28);1H. The Morgan fingerprint density at radius 3 is 2.72 bits per heavy atom. The summed E-state index contributed by atoms with van der Waals surface area (Å²) < 4.78 is 19.0. The van der Waals surface area contributed by atoms with Gasteiger partial charge < -0.3 is 25.6 Å². The Hall–Kier alpha value is -2.56. The molecule has 1 aliphatic heterocycles. The second kappa shape index (κ2) is 13.1. The van der Waals surface area contributed by atoms with Gasteiger partial charge >= 0.3 is 0 Å². The number of hydrogen-bond donors (Lipinski definition) is 3. The van der Waals surface area contributed by atoms with Crippen molar-refractivity contribution in [1.29, 1.82) is 0 Å². The maximum atomic E-state index is 13.3. The van der Waals surface area contributed by atoms with Crippen LogP contribution in [-0.4, -0.2) is 50.7 Å². The number of anilines is 1. The first kappa shape index (κ1) is 25.7. The van der Waals surface area contributed by atoms with E-state index in [-0.39, 0.29) is 41.8 Å². The first-order valence-corrected chi connectivity index (χ1v) is 10.6. The van der Waals surface area contributed by atoms with E-state index in [4.69, 9.17) is 4.74 Å². The van der Waals surface area contributed by atoms with E-state index in [1.165, 1.54) is 12.1 Å². The number of hydrogen-bond acceptors (Lipinski definition) is 4. The summed E-state index contributed by atoms with van der Waals surface area (Å²) >= 11 is 0. The lowest BCUT2D eigenvalue weighted by Gasteiger charge is -2.28. The van der Waals surface area contributed by atoms with Crippen LogP contribution in [0, 0.1) is 5.82 Å². The van der Waals surface area contributed by atoms with Gasteiger partial charge in [0, 0.05) is 31.4 Å². The zero-order chi connectivity index (χ0) is 22.1. The Labute approximate surface area is 205 Å². The number of carbonyl (C=O) groups is 1. The number of ether oxygens (including phenoxy) is 1. The Morgan fingerprint density at radius 2 is 2.03 bits per heavy atom. The number of rotatable bonds is 8. The zero-order valence-electron chi connectivity index (χ0n) is 18.4. The molecule has 0 saturated carbocycles. The number of halogens is 2. The van der Waals surface area contributed by atoms with Gasteiger partial charge in [0.25, 0.3) is 0 Å². The second-order valence-corrected chi connectivity index (χ2v) is 7.40. The van der Waals surface area contributed by atoms with Crippen LogP contribution >= 0.6 is 24.0 Å². The lowest BCUT2D eigenvalue weighted by molar-refractivity contribution is -0.120. The molecular formula is C23H31FIN5O2. The van der Waals surface area contributed by atoms with Crippen molar-refractivity contribution < 1.29 is 13.9 Å². The van der Waals surface area contributed by atoms with E-state index in [1.54, 1.807) is 12.1 Å². The van der Waals surface area contributed by atoms with Gasteiger partial charge in [0.2, 0.25) is 5.91 Å². The fraction of sp³-hybridized carbons (Fsp3) is 0.391. The van der Waals surface area contributed by atoms with Gasteiger partial charge in [-0.15, -0.1) is 24.0 Å². The minimum atomic E-state index is -0.317. The van der Waals surface area contributed by atoms with Crippen molar-refractivity contribution in [3.05, 3.63) is 59.9 Å². The van der Waals surface area contributed by atoms with Gasteiger partial charge in [-0.2, -0.15) is 0 Å². The highest BCUT2D eigenvalue weighted by molar-refractivity contribution is 14.0. The molecule has 1 saturated heterocycles. The van der Waals surface area contributed by atoms with Crippen molar-refractivity contribution in [1.82, 2.24) is 16.0 Å². The van der Waals surface area contributed by atoms with Crippen molar-refractivity contribution in [3.8, 4) is 5.75 Å². The molecule has 1 fully saturated rings. The van der Waals surface area contributed by atoms with Gasteiger partial charge in [0.1, 0.15) is 17.7 Å². The number of amides is 1. The zero-order valence-corrected chi connectivity index (χ0v) is 20.8. The van der Waals surface area contributed by atoms with Crippen molar-refractivity contribution in [2.75, 3.05) is 37.6 Å². The molecule has 2 aromatic rings. The summed E-state index contributed by atoms with van der Waals surface area (Å²) in [7, 11) is 0. The number of benzene rings is 2. The third-order valence-electron chi connectivity index (χ3n) is 4.79. The molecule has 3 rings (SSSR count). The van der Waals surface area contributed by atoms with Crippen LogP contribution in [0.15, 0.2) is 53.5 Å². The molecule has 0 spiro atoms. The average molecular weight is 555 g/mol. The lowest BCUT2D eigenvalue weighted by Crippen LogP contribution is -2.47. The Balaban J connectivity index is 0.00000363. The number of carbonyl (C=O) groups excluding carboxylic acids is 1. The molecule has 1 atom stereocenters. The van der Waals surface area contributed by atoms with Crippen LogP contribution in [0.4, 0.5) is 10.1 Å². The fourth-order valence-corrected chi connectivity index (χ4v) is 3.24. The van der Waals surface area contributed by atoms with Gasteiger partial charge in [0.15, 0.2) is 5.96 Å². The molecule has 2 aromatic carbocycles. The predicted molar refractivity (Wildman–Crippen MR) is 136 cm³/mol. The predicted octanol–water partition coefficient (Wildman–Crippen LogP) is 2.90. The molecule has 1 aliphatic rings. The van der Waals surface area contributed by atoms with Crippen LogP contribution in [0.25, 0.3) is 0 Å². The van der Waals surface area contributed by atoms with Gasteiger partial charge in [-0.1, -0.05) is 18.2 Å². The number of nitrogens with zero attached hydrogens (tertiary/aromatic N) is 2. The molecule has 1 unspecified atom stereocenters. The van der Waals surface area contributed by atoms with E-state index in [0.29, 0.717) is 37.9 Å². The molecule has 3 N–H and O–H groups in total.